The predicted molar refractivity (Wildman–Crippen MR) is 117 cm³/mol. The molecule has 1 aliphatic rings. The van der Waals surface area contributed by atoms with E-state index in [1.54, 1.807) is 24.3 Å². The van der Waals surface area contributed by atoms with Crippen LogP contribution in [-0.4, -0.2) is 38.6 Å². The number of hydrogen-bond donors (Lipinski definition) is 2. The third-order valence-electron chi connectivity index (χ3n) is 4.74. The zero-order valence-electron chi connectivity index (χ0n) is 17.5. The van der Waals surface area contributed by atoms with Crippen LogP contribution in [0, 0.1) is 11.7 Å². The summed E-state index contributed by atoms with van der Waals surface area (Å²) in [6.45, 7) is 3.87. The average Bonchev–Trinajstić information content (AvgIpc) is 2.77. The van der Waals surface area contributed by atoms with Crippen LogP contribution in [0.25, 0.3) is 0 Å². The van der Waals surface area contributed by atoms with Crippen molar-refractivity contribution in [2.75, 3.05) is 17.3 Å². The van der Waals surface area contributed by atoms with Crippen LogP contribution in [0.15, 0.2) is 41.3 Å². The molecule has 3 N–H and O–H groups in total. The fourth-order valence-electron chi connectivity index (χ4n) is 3.16. The number of halogens is 2. The second-order valence-corrected chi connectivity index (χ2v) is 10.3. The Bertz CT molecular complexity index is 1140. The Morgan fingerprint density at radius 1 is 1.31 bits per heavy atom. The van der Waals surface area contributed by atoms with Crippen LogP contribution in [0.3, 0.4) is 0 Å². The SMILES string of the molecule is CC(C)CONC(=O)c1cc2c(cc1F)S(=O)(=O)C[C@H](N)C(=O)N2Cc1ccc(Cl)cc1. The van der Waals surface area contributed by atoms with E-state index in [9.17, 15) is 22.4 Å². The Morgan fingerprint density at radius 2 is 1.97 bits per heavy atom. The summed E-state index contributed by atoms with van der Waals surface area (Å²) in [5.41, 5.74) is 8.02. The molecule has 0 spiro atoms. The number of nitrogens with two attached hydrogens (primary N) is 1. The number of amides is 2. The molecule has 2 aromatic rings. The van der Waals surface area contributed by atoms with E-state index >= 15 is 0 Å². The number of benzene rings is 2. The van der Waals surface area contributed by atoms with E-state index in [1.165, 1.54) is 0 Å². The van der Waals surface area contributed by atoms with Crippen molar-refractivity contribution in [2.45, 2.75) is 31.3 Å². The van der Waals surface area contributed by atoms with Crippen LogP contribution in [-0.2, 0) is 26.0 Å². The zero-order chi connectivity index (χ0) is 23.6. The minimum absolute atomic E-state index is 0.0528. The summed E-state index contributed by atoms with van der Waals surface area (Å²) in [5.74, 6) is -3.20. The molecule has 0 saturated carbocycles. The highest BCUT2D eigenvalue weighted by atomic mass is 35.5. The first-order chi connectivity index (χ1) is 15.0. The summed E-state index contributed by atoms with van der Waals surface area (Å²) in [4.78, 5) is 31.2. The number of fused-ring (bicyclic) bond motifs is 1. The van der Waals surface area contributed by atoms with Gasteiger partial charge in [0, 0.05) is 5.02 Å². The third-order valence-corrected chi connectivity index (χ3v) is 6.78. The van der Waals surface area contributed by atoms with Gasteiger partial charge >= 0.3 is 0 Å². The van der Waals surface area contributed by atoms with E-state index < -0.39 is 49.7 Å². The number of hydroxylamine groups is 1. The number of carbonyl (C=O) groups is 2. The first kappa shape index (κ1) is 24.1. The van der Waals surface area contributed by atoms with Gasteiger partial charge in [0.2, 0.25) is 5.91 Å². The van der Waals surface area contributed by atoms with Gasteiger partial charge in [-0.05, 0) is 35.7 Å². The monoisotopic (exact) mass is 483 g/mol. The molecule has 2 aromatic carbocycles. The summed E-state index contributed by atoms with van der Waals surface area (Å²) in [5, 5.41) is 0.484. The summed E-state index contributed by atoms with van der Waals surface area (Å²) in [6, 6.07) is 6.98. The van der Waals surface area contributed by atoms with Crippen LogP contribution in [0.2, 0.25) is 5.02 Å². The molecule has 0 saturated heterocycles. The average molecular weight is 484 g/mol. The lowest BCUT2D eigenvalue weighted by Gasteiger charge is -2.25. The van der Waals surface area contributed by atoms with Crippen molar-refractivity contribution in [3.05, 3.63) is 58.4 Å². The second kappa shape index (κ2) is 9.53. The highest BCUT2D eigenvalue weighted by Crippen LogP contribution is 2.34. The highest BCUT2D eigenvalue weighted by Gasteiger charge is 2.37. The zero-order valence-corrected chi connectivity index (χ0v) is 19.0. The lowest BCUT2D eigenvalue weighted by atomic mass is 10.1. The largest absolute Gasteiger partial charge is 0.319 e. The maximum absolute atomic E-state index is 14.8. The van der Waals surface area contributed by atoms with Crippen molar-refractivity contribution < 1.29 is 27.2 Å². The van der Waals surface area contributed by atoms with Gasteiger partial charge in [-0.1, -0.05) is 37.6 Å². The van der Waals surface area contributed by atoms with Crippen molar-refractivity contribution in [3.8, 4) is 0 Å². The molecule has 3 rings (SSSR count). The number of nitrogens with one attached hydrogen (secondary N) is 1. The molecule has 1 atom stereocenters. The van der Waals surface area contributed by atoms with Crippen molar-refractivity contribution in [3.63, 3.8) is 0 Å². The lowest BCUT2D eigenvalue weighted by Crippen LogP contribution is -2.45. The molecular weight excluding hydrogens is 461 g/mol. The Kier molecular flexibility index (Phi) is 7.19. The Morgan fingerprint density at radius 3 is 2.59 bits per heavy atom. The molecule has 1 aliphatic heterocycles. The molecule has 0 aromatic heterocycles. The molecule has 11 heteroatoms. The van der Waals surface area contributed by atoms with Crippen molar-refractivity contribution in [1.82, 2.24) is 5.48 Å². The van der Waals surface area contributed by atoms with Gasteiger partial charge in [-0.3, -0.25) is 14.4 Å². The topological polar surface area (TPSA) is 119 Å². The fourth-order valence-corrected chi connectivity index (χ4v) is 4.85. The van der Waals surface area contributed by atoms with Crippen LogP contribution >= 0.6 is 11.6 Å². The van der Waals surface area contributed by atoms with Crippen LogP contribution < -0.4 is 16.1 Å². The molecule has 1 heterocycles. The third kappa shape index (κ3) is 5.26. The van der Waals surface area contributed by atoms with Crippen LogP contribution in [0.1, 0.15) is 29.8 Å². The highest BCUT2D eigenvalue weighted by molar-refractivity contribution is 7.91. The normalized spacial score (nSPS) is 17.8. The van der Waals surface area contributed by atoms with Crippen molar-refractivity contribution >= 4 is 38.9 Å². The van der Waals surface area contributed by atoms with Crippen LogP contribution in [0.5, 0.6) is 0 Å². The molecule has 0 radical (unpaired) electrons. The molecule has 2 amide bonds. The molecule has 8 nitrogen and oxygen atoms in total. The number of hydrogen-bond acceptors (Lipinski definition) is 6. The molecular formula is C21H23ClFN3O5S. The first-order valence-corrected chi connectivity index (χ1v) is 11.8. The molecule has 0 unspecified atom stereocenters. The number of carbonyl (C=O) groups excluding carboxylic acids is 2. The fraction of sp³-hybridized carbons (Fsp3) is 0.333. The van der Waals surface area contributed by atoms with E-state index in [0.717, 1.165) is 17.0 Å². The Hall–Kier alpha value is -2.53. The Balaban J connectivity index is 2.08. The molecule has 172 valence electrons. The second-order valence-electron chi connectivity index (χ2n) is 7.87. The summed E-state index contributed by atoms with van der Waals surface area (Å²) in [6.07, 6.45) is 0. The molecule has 0 bridgehead atoms. The number of sulfone groups is 1. The smallest absolute Gasteiger partial charge is 0.277 e. The maximum Gasteiger partial charge on any atom is 0.277 e. The number of rotatable bonds is 6. The van der Waals surface area contributed by atoms with E-state index in [4.69, 9.17) is 22.2 Å². The van der Waals surface area contributed by atoms with Gasteiger partial charge in [0.25, 0.3) is 5.91 Å². The molecule has 32 heavy (non-hydrogen) atoms. The maximum atomic E-state index is 14.8. The van der Waals surface area contributed by atoms with Gasteiger partial charge in [-0.25, -0.2) is 18.3 Å². The van der Waals surface area contributed by atoms with Gasteiger partial charge in [0.15, 0.2) is 9.84 Å². The van der Waals surface area contributed by atoms with E-state index in [1.807, 2.05) is 13.8 Å². The molecule has 0 fully saturated rings. The summed E-state index contributed by atoms with van der Waals surface area (Å²) in [7, 11) is -4.10. The van der Waals surface area contributed by atoms with Crippen molar-refractivity contribution in [2.24, 2.45) is 11.7 Å². The minimum Gasteiger partial charge on any atom is -0.319 e. The Labute approximate surface area is 190 Å². The van der Waals surface area contributed by atoms with Gasteiger partial charge in [0.05, 0.1) is 41.1 Å². The van der Waals surface area contributed by atoms with E-state index in [0.29, 0.717) is 10.6 Å². The predicted octanol–water partition coefficient (Wildman–Crippen LogP) is 2.44. The summed E-state index contributed by atoms with van der Waals surface area (Å²) < 4.78 is 40.4. The van der Waals surface area contributed by atoms with E-state index in [-0.39, 0.29) is 24.8 Å². The summed E-state index contributed by atoms with van der Waals surface area (Å²) >= 11 is 5.91. The van der Waals surface area contributed by atoms with Gasteiger partial charge in [-0.2, -0.15) is 0 Å². The quantitative estimate of drug-likeness (QED) is 0.609. The molecule has 0 aliphatic carbocycles. The standard InChI is InChI=1S/C21H23ClFN3O5S/c1-12(2)10-31-25-20(27)15-7-18-19(8-16(15)23)32(29,30)11-17(24)21(28)26(18)9-13-3-5-14(22)6-4-13/h3-8,12,17H,9-11,24H2,1-2H3,(H,25,27)/t17-/m0/s1. The van der Waals surface area contributed by atoms with Gasteiger partial charge in [-0.15, -0.1) is 0 Å². The number of nitrogens with zero attached hydrogens (tertiary/aromatic N) is 1. The minimum atomic E-state index is -4.10. The first-order valence-electron chi connectivity index (χ1n) is 9.79. The lowest BCUT2D eigenvalue weighted by molar-refractivity contribution is -0.119. The van der Waals surface area contributed by atoms with Crippen molar-refractivity contribution in [1.29, 1.82) is 0 Å². The van der Waals surface area contributed by atoms with Gasteiger partial charge in [0.1, 0.15) is 5.82 Å². The van der Waals surface area contributed by atoms with Gasteiger partial charge < -0.3 is 10.6 Å². The number of anilines is 1. The van der Waals surface area contributed by atoms with Crippen LogP contribution in [0.4, 0.5) is 10.1 Å². The van der Waals surface area contributed by atoms with E-state index in [2.05, 4.69) is 5.48 Å².